The van der Waals surface area contributed by atoms with Crippen molar-refractivity contribution in [2.45, 2.75) is 71.4 Å². The average Bonchev–Trinajstić information content (AvgIpc) is 3.02. The van der Waals surface area contributed by atoms with Gasteiger partial charge in [0.15, 0.2) is 0 Å². The largest absolute Gasteiger partial charge is 0.497 e. The number of carbonyl (C=O) groups is 3. The first-order chi connectivity index (χ1) is 21.6. The Balaban J connectivity index is 1.70. The molecule has 0 aliphatic carbocycles. The summed E-state index contributed by atoms with van der Waals surface area (Å²) in [5.74, 6) is 1.10. The lowest BCUT2D eigenvalue weighted by molar-refractivity contribution is -0.135. The van der Waals surface area contributed by atoms with E-state index in [4.69, 9.17) is 18.9 Å². The van der Waals surface area contributed by atoms with Crippen molar-refractivity contribution in [3.63, 3.8) is 0 Å². The van der Waals surface area contributed by atoms with E-state index in [-0.39, 0.29) is 25.6 Å². The minimum Gasteiger partial charge on any atom is -0.497 e. The third kappa shape index (κ3) is 12.8. The number of methoxy groups -OCH3 is 2. The standard InChI is InChI=1S/C35H45N3O7/c1-35(2,3)45-34(41)37-31(19-9-10-20-36-33(40)44-25-26-13-7-6-8-14-26)32(39)38(23-27-15-11-17-29(21-27)42-4)24-28-16-12-18-30(22-28)43-5/h6-8,11-18,21-22,31H,9-10,19-20,23-25H2,1-5H3,(H,36,40)(H,37,41)/t31-/m0/s1. The molecule has 0 heterocycles. The van der Waals surface area contributed by atoms with Gasteiger partial charge in [-0.25, -0.2) is 9.59 Å². The van der Waals surface area contributed by atoms with Crippen LogP contribution >= 0.6 is 0 Å². The normalized spacial score (nSPS) is 11.6. The number of rotatable bonds is 15. The summed E-state index contributed by atoms with van der Waals surface area (Å²) in [6.07, 6.45) is 0.279. The zero-order valence-corrected chi connectivity index (χ0v) is 26.8. The van der Waals surface area contributed by atoms with Crippen LogP contribution in [0.15, 0.2) is 78.9 Å². The van der Waals surface area contributed by atoms with Crippen molar-refractivity contribution in [1.82, 2.24) is 15.5 Å². The fraction of sp³-hybridized carbons (Fsp3) is 0.400. The Bertz CT molecular complexity index is 1330. The highest BCUT2D eigenvalue weighted by molar-refractivity contribution is 5.85. The Labute approximate surface area is 266 Å². The number of hydrogen-bond donors (Lipinski definition) is 2. The topological polar surface area (TPSA) is 115 Å². The Morgan fingerprint density at radius 2 is 1.33 bits per heavy atom. The lowest BCUT2D eigenvalue weighted by Gasteiger charge is -2.29. The molecule has 0 fully saturated rings. The molecule has 0 saturated heterocycles. The predicted octanol–water partition coefficient (Wildman–Crippen LogP) is 6.22. The van der Waals surface area contributed by atoms with E-state index in [2.05, 4.69) is 10.6 Å². The smallest absolute Gasteiger partial charge is 0.408 e. The van der Waals surface area contributed by atoms with Gasteiger partial charge in [-0.15, -0.1) is 0 Å². The average molecular weight is 620 g/mol. The van der Waals surface area contributed by atoms with Gasteiger partial charge in [0, 0.05) is 19.6 Å². The third-order valence-electron chi connectivity index (χ3n) is 6.72. The number of ether oxygens (including phenoxy) is 4. The third-order valence-corrected chi connectivity index (χ3v) is 6.72. The van der Waals surface area contributed by atoms with E-state index in [9.17, 15) is 14.4 Å². The molecule has 242 valence electrons. The highest BCUT2D eigenvalue weighted by Gasteiger charge is 2.28. The number of hydrogen-bond acceptors (Lipinski definition) is 7. The number of nitrogens with zero attached hydrogens (tertiary/aromatic N) is 1. The fourth-order valence-corrected chi connectivity index (χ4v) is 4.56. The van der Waals surface area contributed by atoms with Gasteiger partial charge in [0.25, 0.3) is 0 Å². The van der Waals surface area contributed by atoms with Crippen LogP contribution in [0.4, 0.5) is 9.59 Å². The quantitative estimate of drug-likeness (QED) is 0.194. The summed E-state index contributed by atoms with van der Waals surface area (Å²) in [5.41, 5.74) is 1.91. The van der Waals surface area contributed by atoms with Crippen LogP contribution in [0.1, 0.15) is 56.7 Å². The van der Waals surface area contributed by atoms with Crippen LogP contribution in [0.2, 0.25) is 0 Å². The highest BCUT2D eigenvalue weighted by Crippen LogP contribution is 2.20. The number of benzene rings is 3. The second-order valence-corrected chi connectivity index (χ2v) is 11.6. The molecular weight excluding hydrogens is 574 g/mol. The summed E-state index contributed by atoms with van der Waals surface area (Å²) in [6.45, 7) is 6.42. The van der Waals surface area contributed by atoms with Gasteiger partial charge in [0.1, 0.15) is 29.7 Å². The fourth-order valence-electron chi connectivity index (χ4n) is 4.56. The summed E-state index contributed by atoms with van der Waals surface area (Å²) < 4.78 is 21.5. The van der Waals surface area contributed by atoms with Gasteiger partial charge >= 0.3 is 12.2 Å². The van der Waals surface area contributed by atoms with E-state index in [1.54, 1.807) is 39.9 Å². The van der Waals surface area contributed by atoms with Gasteiger partial charge in [-0.3, -0.25) is 4.79 Å². The van der Waals surface area contributed by atoms with Gasteiger partial charge in [-0.05, 0) is 81.0 Å². The molecule has 0 radical (unpaired) electrons. The second-order valence-electron chi connectivity index (χ2n) is 11.6. The summed E-state index contributed by atoms with van der Waals surface area (Å²) in [5, 5.41) is 5.54. The van der Waals surface area contributed by atoms with Crippen molar-refractivity contribution < 1.29 is 33.3 Å². The van der Waals surface area contributed by atoms with Crippen molar-refractivity contribution in [2.75, 3.05) is 20.8 Å². The molecule has 3 aromatic rings. The van der Waals surface area contributed by atoms with Crippen molar-refractivity contribution in [2.24, 2.45) is 0 Å². The molecule has 0 saturated carbocycles. The summed E-state index contributed by atoms with van der Waals surface area (Å²) in [6, 6.07) is 23.6. The molecule has 10 heteroatoms. The zero-order chi connectivity index (χ0) is 32.7. The maximum absolute atomic E-state index is 14.2. The molecule has 0 bridgehead atoms. The van der Waals surface area contributed by atoms with Crippen LogP contribution in [0, 0.1) is 0 Å². The molecule has 45 heavy (non-hydrogen) atoms. The van der Waals surface area contributed by atoms with Crippen molar-refractivity contribution in [3.05, 3.63) is 95.6 Å². The first-order valence-electron chi connectivity index (χ1n) is 15.0. The van der Waals surface area contributed by atoms with E-state index in [1.807, 2.05) is 78.9 Å². The molecular formula is C35H45N3O7. The molecule has 3 amide bonds. The number of alkyl carbamates (subject to hydrolysis) is 2. The Hall–Kier alpha value is -4.73. The molecule has 3 rings (SSSR count). The lowest BCUT2D eigenvalue weighted by Crippen LogP contribution is -2.49. The monoisotopic (exact) mass is 619 g/mol. The van der Waals surface area contributed by atoms with Crippen LogP contribution in [0.5, 0.6) is 11.5 Å². The molecule has 3 aromatic carbocycles. The van der Waals surface area contributed by atoms with Crippen LogP contribution in [0.3, 0.4) is 0 Å². The number of unbranched alkanes of at least 4 members (excludes halogenated alkanes) is 1. The molecule has 2 N–H and O–H groups in total. The van der Waals surface area contributed by atoms with Crippen LogP contribution in [-0.2, 0) is 34.0 Å². The summed E-state index contributed by atoms with van der Waals surface area (Å²) >= 11 is 0. The summed E-state index contributed by atoms with van der Waals surface area (Å²) in [7, 11) is 3.19. The number of amides is 3. The molecule has 1 atom stereocenters. The second kappa shape index (κ2) is 17.5. The maximum atomic E-state index is 14.2. The van der Waals surface area contributed by atoms with Gasteiger partial charge < -0.3 is 34.5 Å². The van der Waals surface area contributed by atoms with Gasteiger partial charge in [0.05, 0.1) is 14.2 Å². The molecule has 0 aliphatic heterocycles. The zero-order valence-electron chi connectivity index (χ0n) is 26.8. The van der Waals surface area contributed by atoms with Gasteiger partial charge in [-0.1, -0.05) is 54.6 Å². The Morgan fingerprint density at radius 3 is 1.89 bits per heavy atom. The number of carbonyl (C=O) groups excluding carboxylic acids is 3. The molecule has 10 nitrogen and oxygen atoms in total. The van der Waals surface area contributed by atoms with Crippen LogP contribution in [-0.4, -0.2) is 55.4 Å². The molecule has 0 spiro atoms. The number of nitrogens with one attached hydrogen (secondary N) is 2. The van der Waals surface area contributed by atoms with Crippen molar-refractivity contribution >= 4 is 18.1 Å². The van der Waals surface area contributed by atoms with Gasteiger partial charge in [-0.2, -0.15) is 0 Å². The van der Waals surface area contributed by atoms with Crippen molar-refractivity contribution in [3.8, 4) is 11.5 Å². The maximum Gasteiger partial charge on any atom is 0.408 e. The summed E-state index contributed by atoms with van der Waals surface area (Å²) in [4.78, 5) is 40.8. The minimum atomic E-state index is -0.860. The lowest BCUT2D eigenvalue weighted by atomic mass is 10.1. The van der Waals surface area contributed by atoms with E-state index in [1.165, 1.54) is 0 Å². The predicted molar refractivity (Wildman–Crippen MR) is 172 cm³/mol. The van der Waals surface area contributed by atoms with E-state index >= 15 is 0 Å². The van der Waals surface area contributed by atoms with Crippen molar-refractivity contribution in [1.29, 1.82) is 0 Å². The highest BCUT2D eigenvalue weighted by atomic mass is 16.6. The van der Waals surface area contributed by atoms with Gasteiger partial charge in [0.2, 0.25) is 5.91 Å². The van der Waals surface area contributed by atoms with E-state index < -0.39 is 23.8 Å². The Kier molecular flexibility index (Phi) is 13.5. The van der Waals surface area contributed by atoms with Crippen LogP contribution < -0.4 is 20.1 Å². The Morgan fingerprint density at radius 1 is 0.756 bits per heavy atom. The molecule has 0 aliphatic rings. The molecule has 0 aromatic heterocycles. The molecule has 0 unspecified atom stereocenters. The first-order valence-corrected chi connectivity index (χ1v) is 15.0. The minimum absolute atomic E-state index is 0.180. The van der Waals surface area contributed by atoms with Crippen LogP contribution in [0.25, 0.3) is 0 Å². The first kappa shape index (κ1) is 34.8. The van der Waals surface area contributed by atoms with E-state index in [0.29, 0.717) is 37.3 Å². The van der Waals surface area contributed by atoms with E-state index in [0.717, 1.165) is 16.7 Å². The SMILES string of the molecule is COc1cccc(CN(Cc2cccc(OC)c2)C(=O)[C@H](CCCCNC(=O)OCc2ccccc2)NC(=O)OC(C)(C)C)c1.